The van der Waals surface area contributed by atoms with Crippen molar-refractivity contribution < 1.29 is 19.1 Å². The van der Waals surface area contributed by atoms with Crippen molar-refractivity contribution in [2.45, 2.75) is 33.7 Å². The average molecular weight is 384 g/mol. The number of carbonyl (C=O) groups excluding carboxylic acids is 2. The lowest BCUT2D eigenvalue weighted by molar-refractivity contribution is -0.129. The Morgan fingerprint density at radius 1 is 1.00 bits per heavy atom. The summed E-state index contributed by atoms with van der Waals surface area (Å²) < 4.78 is 11.0. The van der Waals surface area contributed by atoms with Crippen LogP contribution in [0.25, 0.3) is 0 Å². The van der Waals surface area contributed by atoms with Gasteiger partial charge in [-0.2, -0.15) is 0 Å². The molecule has 0 radical (unpaired) electrons. The van der Waals surface area contributed by atoms with Gasteiger partial charge in [0.1, 0.15) is 11.5 Å². The van der Waals surface area contributed by atoms with Gasteiger partial charge < -0.3 is 19.7 Å². The average Bonchev–Trinajstić information content (AvgIpc) is 2.69. The van der Waals surface area contributed by atoms with E-state index in [9.17, 15) is 9.59 Å². The van der Waals surface area contributed by atoms with Gasteiger partial charge in [0.2, 0.25) is 5.91 Å². The molecular formula is C22H28N2O4. The molecule has 1 N–H and O–H groups in total. The Kier molecular flexibility index (Phi) is 8.34. The molecule has 2 aromatic rings. The molecule has 2 aromatic carbocycles. The molecule has 0 aromatic heterocycles. The summed E-state index contributed by atoms with van der Waals surface area (Å²) in [5, 5.41) is 2.82. The zero-order chi connectivity index (χ0) is 20.4. The Bertz CT molecular complexity index is 774. The summed E-state index contributed by atoms with van der Waals surface area (Å²) in [4.78, 5) is 25.5. The Morgan fingerprint density at radius 2 is 1.68 bits per heavy atom. The van der Waals surface area contributed by atoms with Crippen molar-refractivity contribution in [2.75, 3.05) is 25.1 Å². The molecular weight excluding hydrogens is 356 g/mol. The lowest BCUT2D eigenvalue weighted by atomic mass is 10.2. The summed E-state index contributed by atoms with van der Waals surface area (Å²) in [6, 6.07) is 14.7. The van der Waals surface area contributed by atoms with Crippen LogP contribution in [0.4, 0.5) is 5.69 Å². The van der Waals surface area contributed by atoms with Crippen LogP contribution in [0, 0.1) is 0 Å². The number of hydrogen-bond donors (Lipinski definition) is 1. The Balaban J connectivity index is 1.85. The van der Waals surface area contributed by atoms with E-state index in [1.807, 2.05) is 43.3 Å². The molecule has 0 bridgehead atoms. The van der Waals surface area contributed by atoms with Gasteiger partial charge in [0.05, 0.1) is 6.61 Å². The normalized spacial score (nSPS) is 10.2. The summed E-state index contributed by atoms with van der Waals surface area (Å²) in [5.41, 5.74) is 1.63. The number of rotatable bonds is 10. The second kappa shape index (κ2) is 11.0. The highest BCUT2D eigenvalue weighted by atomic mass is 16.5. The van der Waals surface area contributed by atoms with Gasteiger partial charge in [-0.25, -0.2) is 0 Å². The van der Waals surface area contributed by atoms with E-state index in [4.69, 9.17) is 9.47 Å². The zero-order valence-corrected chi connectivity index (χ0v) is 16.7. The number of nitrogens with one attached hydrogen (secondary N) is 1. The van der Waals surface area contributed by atoms with Crippen LogP contribution in [0.15, 0.2) is 48.5 Å². The maximum atomic E-state index is 12.2. The first-order valence-electron chi connectivity index (χ1n) is 9.51. The summed E-state index contributed by atoms with van der Waals surface area (Å²) in [6.07, 6.45) is 0.949. The molecule has 2 rings (SSSR count). The quantitative estimate of drug-likeness (QED) is 0.675. The highest BCUT2D eigenvalue weighted by molar-refractivity contribution is 5.91. The molecule has 0 fully saturated rings. The van der Waals surface area contributed by atoms with E-state index >= 15 is 0 Å². The number of nitrogens with zero attached hydrogens (tertiary/aromatic N) is 1. The highest BCUT2D eigenvalue weighted by Crippen LogP contribution is 2.18. The number of benzene rings is 2. The van der Waals surface area contributed by atoms with Crippen LogP contribution in [-0.2, 0) is 16.1 Å². The van der Waals surface area contributed by atoms with E-state index in [0.29, 0.717) is 31.1 Å². The minimum atomic E-state index is -0.248. The van der Waals surface area contributed by atoms with Crippen LogP contribution in [0.3, 0.4) is 0 Å². The second-order valence-electron chi connectivity index (χ2n) is 6.39. The fourth-order valence-corrected chi connectivity index (χ4v) is 2.61. The maximum Gasteiger partial charge on any atom is 0.262 e. The first-order chi connectivity index (χ1) is 13.5. The predicted molar refractivity (Wildman–Crippen MR) is 110 cm³/mol. The third-order valence-electron chi connectivity index (χ3n) is 4.08. The van der Waals surface area contributed by atoms with E-state index < -0.39 is 0 Å². The minimum absolute atomic E-state index is 0.0245. The molecule has 0 atom stereocenters. The third-order valence-corrected chi connectivity index (χ3v) is 4.08. The van der Waals surface area contributed by atoms with Crippen LogP contribution < -0.4 is 14.8 Å². The van der Waals surface area contributed by atoms with Gasteiger partial charge in [-0.1, -0.05) is 19.1 Å². The molecule has 0 aliphatic rings. The van der Waals surface area contributed by atoms with Gasteiger partial charge in [0.15, 0.2) is 6.61 Å². The van der Waals surface area contributed by atoms with E-state index in [0.717, 1.165) is 17.7 Å². The molecule has 6 heteroatoms. The monoisotopic (exact) mass is 384 g/mol. The molecule has 150 valence electrons. The Labute approximate surface area is 166 Å². The first kappa shape index (κ1) is 21.3. The maximum absolute atomic E-state index is 12.2. The smallest absolute Gasteiger partial charge is 0.262 e. The van der Waals surface area contributed by atoms with Gasteiger partial charge in [-0.05, 0) is 55.3 Å². The van der Waals surface area contributed by atoms with Crippen molar-refractivity contribution in [3.8, 4) is 11.5 Å². The van der Waals surface area contributed by atoms with E-state index in [1.54, 1.807) is 24.0 Å². The SMILES string of the molecule is CCCOc1ccc(OCC(=O)Nc2cccc(CN(CC)C(C)=O)c2)cc1. The molecule has 0 saturated carbocycles. The fourth-order valence-electron chi connectivity index (χ4n) is 2.61. The first-order valence-corrected chi connectivity index (χ1v) is 9.51. The van der Waals surface area contributed by atoms with Crippen LogP contribution in [0.2, 0.25) is 0 Å². The Hall–Kier alpha value is -3.02. The summed E-state index contributed by atoms with van der Waals surface area (Å²) >= 11 is 0. The molecule has 0 spiro atoms. The van der Waals surface area contributed by atoms with Gasteiger partial charge in [0.25, 0.3) is 5.91 Å². The van der Waals surface area contributed by atoms with Gasteiger partial charge >= 0.3 is 0 Å². The van der Waals surface area contributed by atoms with Crippen molar-refractivity contribution in [1.82, 2.24) is 4.90 Å². The molecule has 0 heterocycles. The number of hydrogen-bond acceptors (Lipinski definition) is 4. The summed E-state index contributed by atoms with van der Waals surface area (Å²) in [7, 11) is 0. The Morgan fingerprint density at radius 3 is 2.29 bits per heavy atom. The van der Waals surface area contributed by atoms with Crippen LogP contribution in [0.5, 0.6) is 11.5 Å². The molecule has 28 heavy (non-hydrogen) atoms. The largest absolute Gasteiger partial charge is 0.494 e. The highest BCUT2D eigenvalue weighted by Gasteiger charge is 2.09. The molecule has 0 aliphatic heterocycles. The lowest BCUT2D eigenvalue weighted by Gasteiger charge is -2.19. The molecule has 6 nitrogen and oxygen atoms in total. The van der Waals surface area contributed by atoms with Crippen molar-refractivity contribution in [2.24, 2.45) is 0 Å². The molecule has 0 unspecified atom stereocenters. The van der Waals surface area contributed by atoms with Crippen molar-refractivity contribution in [1.29, 1.82) is 0 Å². The standard InChI is InChI=1S/C22H28N2O4/c1-4-13-27-20-9-11-21(12-10-20)28-16-22(26)23-19-8-6-7-18(14-19)15-24(5-2)17(3)25/h6-12,14H,4-5,13,15-16H2,1-3H3,(H,23,26). The van der Waals surface area contributed by atoms with Crippen molar-refractivity contribution >= 4 is 17.5 Å². The number of amides is 2. The van der Waals surface area contributed by atoms with Crippen LogP contribution in [0.1, 0.15) is 32.8 Å². The van der Waals surface area contributed by atoms with Crippen LogP contribution >= 0.6 is 0 Å². The number of carbonyl (C=O) groups is 2. The van der Waals surface area contributed by atoms with Crippen molar-refractivity contribution in [3.63, 3.8) is 0 Å². The predicted octanol–water partition coefficient (Wildman–Crippen LogP) is 3.86. The number of anilines is 1. The van der Waals surface area contributed by atoms with Gasteiger partial charge in [-0.3, -0.25) is 9.59 Å². The molecule has 0 aliphatic carbocycles. The lowest BCUT2D eigenvalue weighted by Crippen LogP contribution is -2.27. The van der Waals surface area contributed by atoms with E-state index in [1.165, 1.54) is 0 Å². The van der Waals surface area contributed by atoms with Gasteiger partial charge in [0, 0.05) is 25.7 Å². The van der Waals surface area contributed by atoms with Crippen molar-refractivity contribution in [3.05, 3.63) is 54.1 Å². The summed E-state index contributed by atoms with van der Waals surface area (Å²) in [6.45, 7) is 7.27. The summed E-state index contributed by atoms with van der Waals surface area (Å²) in [5.74, 6) is 1.16. The molecule has 2 amide bonds. The fraction of sp³-hybridized carbons (Fsp3) is 0.364. The van der Waals surface area contributed by atoms with E-state index in [2.05, 4.69) is 12.2 Å². The zero-order valence-electron chi connectivity index (χ0n) is 16.7. The topological polar surface area (TPSA) is 67.9 Å². The third kappa shape index (κ3) is 6.95. The van der Waals surface area contributed by atoms with E-state index in [-0.39, 0.29) is 18.4 Å². The molecule has 0 saturated heterocycles. The van der Waals surface area contributed by atoms with Gasteiger partial charge in [-0.15, -0.1) is 0 Å². The minimum Gasteiger partial charge on any atom is -0.494 e. The van der Waals surface area contributed by atoms with Crippen LogP contribution in [-0.4, -0.2) is 36.5 Å². The number of ether oxygens (including phenoxy) is 2. The second-order valence-corrected chi connectivity index (χ2v) is 6.39.